The molecule has 0 bridgehead atoms. The minimum absolute atomic E-state index is 0.0892. The summed E-state index contributed by atoms with van der Waals surface area (Å²) in [7, 11) is 1.65. The second-order valence-electron chi connectivity index (χ2n) is 4.78. The SMILES string of the molecule is COCCNC(=NCc1ccc([N+](=O)[O-])cc1)NCCCSC. The average Bonchev–Trinajstić information content (AvgIpc) is 2.56. The van der Waals surface area contributed by atoms with Crippen molar-refractivity contribution in [2.75, 3.05) is 38.8 Å². The van der Waals surface area contributed by atoms with Crippen LogP contribution in [0.5, 0.6) is 0 Å². The number of rotatable bonds is 10. The molecule has 0 heterocycles. The molecule has 0 saturated carbocycles. The van der Waals surface area contributed by atoms with E-state index in [0.29, 0.717) is 19.7 Å². The molecule has 0 aliphatic heterocycles. The summed E-state index contributed by atoms with van der Waals surface area (Å²) in [4.78, 5) is 14.7. The monoisotopic (exact) mass is 340 g/mol. The van der Waals surface area contributed by atoms with Gasteiger partial charge in [-0.1, -0.05) is 12.1 Å². The molecule has 0 aliphatic rings. The molecule has 7 nitrogen and oxygen atoms in total. The summed E-state index contributed by atoms with van der Waals surface area (Å²) >= 11 is 1.81. The number of guanidine groups is 1. The van der Waals surface area contributed by atoms with Crippen molar-refractivity contribution in [3.63, 3.8) is 0 Å². The number of nitrogens with one attached hydrogen (secondary N) is 2. The molecule has 0 atom stereocenters. The van der Waals surface area contributed by atoms with Crippen molar-refractivity contribution in [3.8, 4) is 0 Å². The molecule has 0 fully saturated rings. The fourth-order valence-corrected chi connectivity index (χ4v) is 2.20. The van der Waals surface area contributed by atoms with Gasteiger partial charge in [-0.3, -0.25) is 10.1 Å². The van der Waals surface area contributed by atoms with Gasteiger partial charge >= 0.3 is 0 Å². The van der Waals surface area contributed by atoms with E-state index in [1.807, 2.05) is 11.8 Å². The summed E-state index contributed by atoms with van der Waals surface area (Å²) in [5, 5.41) is 17.1. The molecule has 0 spiro atoms. The number of thioether (sulfide) groups is 1. The summed E-state index contributed by atoms with van der Waals surface area (Å²) in [6, 6.07) is 6.44. The lowest BCUT2D eigenvalue weighted by Crippen LogP contribution is -2.39. The van der Waals surface area contributed by atoms with Gasteiger partial charge in [0.2, 0.25) is 0 Å². The van der Waals surface area contributed by atoms with Crippen LogP contribution in [0.15, 0.2) is 29.3 Å². The highest BCUT2D eigenvalue weighted by atomic mass is 32.2. The highest BCUT2D eigenvalue weighted by Gasteiger charge is 2.04. The largest absolute Gasteiger partial charge is 0.383 e. The third-order valence-corrected chi connectivity index (χ3v) is 3.68. The first-order valence-electron chi connectivity index (χ1n) is 7.40. The Hall–Kier alpha value is -1.80. The molecule has 0 unspecified atom stereocenters. The molecule has 0 radical (unpaired) electrons. The van der Waals surface area contributed by atoms with Crippen LogP contribution in [0, 0.1) is 10.1 Å². The molecule has 0 amide bonds. The summed E-state index contributed by atoms with van der Waals surface area (Å²) in [6.45, 7) is 2.58. The third kappa shape index (κ3) is 8.41. The predicted octanol–water partition coefficient (Wildman–Crippen LogP) is 2.03. The standard InChI is InChI=1S/C15H24N4O3S/c1-22-10-9-17-15(16-8-3-11-23-2)18-12-13-4-6-14(7-5-13)19(20)21/h4-7H,3,8-12H2,1-2H3,(H2,16,17,18). The van der Waals surface area contributed by atoms with Crippen molar-refractivity contribution in [3.05, 3.63) is 39.9 Å². The number of nitrogens with zero attached hydrogens (tertiary/aromatic N) is 2. The number of methoxy groups -OCH3 is 1. The lowest BCUT2D eigenvalue weighted by molar-refractivity contribution is -0.384. The maximum absolute atomic E-state index is 10.6. The van der Waals surface area contributed by atoms with E-state index in [1.165, 1.54) is 12.1 Å². The fraction of sp³-hybridized carbons (Fsp3) is 0.533. The van der Waals surface area contributed by atoms with E-state index in [9.17, 15) is 10.1 Å². The molecule has 2 N–H and O–H groups in total. The van der Waals surface area contributed by atoms with E-state index in [2.05, 4.69) is 21.9 Å². The van der Waals surface area contributed by atoms with E-state index in [0.717, 1.165) is 30.2 Å². The molecule has 8 heteroatoms. The van der Waals surface area contributed by atoms with Crippen LogP contribution in [-0.2, 0) is 11.3 Å². The summed E-state index contributed by atoms with van der Waals surface area (Å²) in [5.74, 6) is 1.82. The van der Waals surface area contributed by atoms with Crippen LogP contribution in [-0.4, -0.2) is 49.7 Å². The zero-order chi connectivity index (χ0) is 16.9. The highest BCUT2D eigenvalue weighted by Crippen LogP contribution is 2.12. The topological polar surface area (TPSA) is 88.8 Å². The Labute approximate surface area is 141 Å². The second kappa shape index (κ2) is 11.7. The molecular formula is C15H24N4O3S. The van der Waals surface area contributed by atoms with E-state index in [-0.39, 0.29) is 5.69 Å². The quantitative estimate of drug-likeness (QED) is 0.223. The van der Waals surface area contributed by atoms with Crippen LogP contribution in [0.1, 0.15) is 12.0 Å². The maximum Gasteiger partial charge on any atom is 0.269 e. The van der Waals surface area contributed by atoms with Gasteiger partial charge in [0, 0.05) is 32.3 Å². The van der Waals surface area contributed by atoms with Gasteiger partial charge in [-0.25, -0.2) is 4.99 Å². The Balaban J connectivity index is 2.56. The number of non-ortho nitro benzene ring substituents is 1. The maximum atomic E-state index is 10.6. The van der Waals surface area contributed by atoms with E-state index in [1.54, 1.807) is 19.2 Å². The Kier molecular flexibility index (Phi) is 9.81. The van der Waals surface area contributed by atoms with E-state index < -0.39 is 4.92 Å². The normalized spacial score (nSPS) is 11.3. The number of nitro groups is 1. The first-order chi connectivity index (χ1) is 11.2. The van der Waals surface area contributed by atoms with Gasteiger partial charge in [0.15, 0.2) is 5.96 Å². The predicted molar refractivity (Wildman–Crippen MR) is 95.1 cm³/mol. The number of nitro benzene ring substituents is 1. The van der Waals surface area contributed by atoms with Crippen molar-refractivity contribution in [1.82, 2.24) is 10.6 Å². The second-order valence-corrected chi connectivity index (χ2v) is 5.77. The Morgan fingerprint density at radius 2 is 2.00 bits per heavy atom. The van der Waals surface area contributed by atoms with Crippen LogP contribution in [0.2, 0.25) is 0 Å². The van der Waals surface area contributed by atoms with Crippen molar-refractivity contribution in [2.24, 2.45) is 4.99 Å². The number of aliphatic imine (C=N–C) groups is 1. The van der Waals surface area contributed by atoms with Crippen molar-refractivity contribution in [2.45, 2.75) is 13.0 Å². The lowest BCUT2D eigenvalue weighted by atomic mass is 10.2. The van der Waals surface area contributed by atoms with Crippen LogP contribution in [0.25, 0.3) is 0 Å². The molecule has 23 heavy (non-hydrogen) atoms. The first-order valence-corrected chi connectivity index (χ1v) is 8.80. The van der Waals surface area contributed by atoms with Crippen molar-refractivity contribution in [1.29, 1.82) is 0 Å². The zero-order valence-corrected chi connectivity index (χ0v) is 14.4. The third-order valence-electron chi connectivity index (χ3n) is 2.98. The summed E-state index contributed by atoms with van der Waals surface area (Å²) in [5.41, 5.74) is 1.01. The number of benzene rings is 1. The Bertz CT molecular complexity index is 494. The number of ether oxygens (including phenoxy) is 1. The molecule has 0 aromatic heterocycles. The van der Waals surface area contributed by atoms with Gasteiger partial charge in [-0.05, 0) is 24.0 Å². The molecule has 1 aromatic rings. The number of hydrogen-bond acceptors (Lipinski definition) is 5. The van der Waals surface area contributed by atoms with Crippen LogP contribution >= 0.6 is 11.8 Å². The van der Waals surface area contributed by atoms with Crippen molar-refractivity contribution >= 4 is 23.4 Å². The molecule has 128 valence electrons. The minimum atomic E-state index is -0.405. The van der Waals surface area contributed by atoms with Crippen LogP contribution < -0.4 is 10.6 Å². The van der Waals surface area contributed by atoms with Gasteiger partial charge in [-0.2, -0.15) is 11.8 Å². The molecule has 1 aromatic carbocycles. The first kappa shape index (κ1) is 19.2. The zero-order valence-electron chi connectivity index (χ0n) is 13.6. The summed E-state index contributed by atoms with van der Waals surface area (Å²) < 4.78 is 5.02. The van der Waals surface area contributed by atoms with Crippen molar-refractivity contribution < 1.29 is 9.66 Å². The number of hydrogen-bond donors (Lipinski definition) is 2. The van der Waals surface area contributed by atoms with Crippen LogP contribution in [0.4, 0.5) is 5.69 Å². The Morgan fingerprint density at radius 1 is 1.30 bits per heavy atom. The molecule has 1 rings (SSSR count). The van der Waals surface area contributed by atoms with Gasteiger partial charge in [0.1, 0.15) is 0 Å². The average molecular weight is 340 g/mol. The highest BCUT2D eigenvalue weighted by molar-refractivity contribution is 7.98. The Morgan fingerprint density at radius 3 is 2.61 bits per heavy atom. The van der Waals surface area contributed by atoms with Crippen LogP contribution in [0.3, 0.4) is 0 Å². The lowest BCUT2D eigenvalue weighted by Gasteiger charge is -2.12. The van der Waals surface area contributed by atoms with E-state index >= 15 is 0 Å². The van der Waals surface area contributed by atoms with Gasteiger partial charge in [0.05, 0.1) is 18.1 Å². The summed E-state index contributed by atoms with van der Waals surface area (Å²) in [6.07, 6.45) is 3.14. The van der Waals surface area contributed by atoms with Gasteiger partial charge in [-0.15, -0.1) is 0 Å². The minimum Gasteiger partial charge on any atom is -0.383 e. The fourth-order valence-electron chi connectivity index (χ4n) is 1.76. The molecule has 0 saturated heterocycles. The smallest absolute Gasteiger partial charge is 0.269 e. The van der Waals surface area contributed by atoms with Gasteiger partial charge < -0.3 is 15.4 Å². The molecular weight excluding hydrogens is 316 g/mol. The molecule has 0 aliphatic carbocycles. The van der Waals surface area contributed by atoms with Gasteiger partial charge in [0.25, 0.3) is 5.69 Å². The van der Waals surface area contributed by atoms with E-state index in [4.69, 9.17) is 4.74 Å².